The van der Waals surface area contributed by atoms with E-state index in [9.17, 15) is 13.2 Å². The highest BCUT2D eigenvalue weighted by Gasteiger charge is 2.11. The minimum atomic E-state index is -3.74. The summed E-state index contributed by atoms with van der Waals surface area (Å²) in [4.78, 5) is 12.0. The fourth-order valence-electron chi connectivity index (χ4n) is 2.69. The Labute approximate surface area is 156 Å². The number of benzene rings is 1. The second-order valence-electron chi connectivity index (χ2n) is 6.40. The Kier molecular flexibility index (Phi) is 10.8. The molecule has 0 unspecified atom stereocenters. The van der Waals surface area contributed by atoms with Crippen molar-refractivity contribution in [2.24, 2.45) is 0 Å². The van der Waals surface area contributed by atoms with Gasteiger partial charge in [0.15, 0.2) is 0 Å². The van der Waals surface area contributed by atoms with Crippen LogP contribution in [0.15, 0.2) is 29.2 Å². The lowest BCUT2D eigenvalue weighted by Gasteiger charge is -2.06. The van der Waals surface area contributed by atoms with Gasteiger partial charge in [0.1, 0.15) is 0 Å². The van der Waals surface area contributed by atoms with Crippen LogP contribution in [-0.2, 0) is 9.05 Å². The Morgan fingerprint density at radius 2 is 1.36 bits per heavy atom. The molecule has 0 aliphatic heterocycles. The Bertz CT molecular complexity index is 600. The number of carbonyl (C=O) groups is 1. The maximum Gasteiger partial charge on any atom is 0.261 e. The first-order valence-electron chi connectivity index (χ1n) is 9.28. The first-order valence-corrected chi connectivity index (χ1v) is 11.6. The molecule has 0 aromatic heterocycles. The monoisotopic (exact) mass is 387 g/mol. The summed E-state index contributed by atoms with van der Waals surface area (Å²) < 4.78 is 22.3. The molecule has 0 radical (unpaired) electrons. The van der Waals surface area contributed by atoms with Gasteiger partial charge in [0.05, 0.1) is 4.90 Å². The summed E-state index contributed by atoms with van der Waals surface area (Å²) in [7, 11) is 1.50. The fourth-order valence-corrected chi connectivity index (χ4v) is 3.46. The van der Waals surface area contributed by atoms with E-state index < -0.39 is 9.05 Å². The van der Waals surface area contributed by atoms with Crippen molar-refractivity contribution in [1.29, 1.82) is 0 Å². The molecule has 1 aromatic rings. The molecular weight excluding hydrogens is 358 g/mol. The van der Waals surface area contributed by atoms with Crippen molar-refractivity contribution in [3.05, 3.63) is 29.8 Å². The summed E-state index contributed by atoms with van der Waals surface area (Å²) in [6, 6.07) is 5.64. The van der Waals surface area contributed by atoms with E-state index in [0.717, 1.165) is 12.8 Å². The molecule has 0 spiro atoms. The third-order valence-electron chi connectivity index (χ3n) is 4.21. The number of unbranched alkanes of at least 4 members (excludes halogenated alkanes) is 9. The van der Waals surface area contributed by atoms with Crippen molar-refractivity contribution in [3.63, 3.8) is 0 Å². The van der Waals surface area contributed by atoms with Gasteiger partial charge < -0.3 is 5.32 Å². The Morgan fingerprint density at radius 1 is 0.880 bits per heavy atom. The van der Waals surface area contributed by atoms with Gasteiger partial charge in [-0.3, -0.25) is 4.79 Å². The van der Waals surface area contributed by atoms with Crippen LogP contribution in [0.3, 0.4) is 0 Å². The zero-order valence-corrected chi connectivity index (χ0v) is 16.7. The van der Waals surface area contributed by atoms with E-state index in [-0.39, 0.29) is 10.8 Å². The molecule has 6 heteroatoms. The quantitative estimate of drug-likeness (QED) is 0.370. The molecule has 1 amide bonds. The molecule has 1 aromatic carbocycles. The number of hydrogen-bond acceptors (Lipinski definition) is 3. The van der Waals surface area contributed by atoms with Gasteiger partial charge in [-0.1, -0.05) is 64.7 Å². The predicted octanol–water partition coefficient (Wildman–Crippen LogP) is 5.26. The van der Waals surface area contributed by atoms with Crippen molar-refractivity contribution in [2.45, 2.75) is 76.0 Å². The molecule has 0 heterocycles. The van der Waals surface area contributed by atoms with Crippen LogP contribution in [0.1, 0.15) is 81.5 Å². The largest absolute Gasteiger partial charge is 0.352 e. The number of rotatable bonds is 13. The Morgan fingerprint density at radius 3 is 1.84 bits per heavy atom. The van der Waals surface area contributed by atoms with E-state index in [1.165, 1.54) is 75.6 Å². The highest BCUT2D eigenvalue weighted by Crippen LogP contribution is 2.15. The van der Waals surface area contributed by atoms with Gasteiger partial charge in [0.25, 0.3) is 15.0 Å². The lowest BCUT2D eigenvalue weighted by Crippen LogP contribution is -2.24. The van der Waals surface area contributed by atoms with E-state index in [1.54, 1.807) is 0 Å². The molecule has 0 atom stereocenters. The minimum absolute atomic E-state index is 0.000380. The minimum Gasteiger partial charge on any atom is -0.352 e. The second kappa shape index (κ2) is 12.3. The fraction of sp³-hybridized carbons (Fsp3) is 0.632. The molecule has 142 valence electrons. The number of hydrogen-bond donors (Lipinski definition) is 1. The summed E-state index contributed by atoms with van der Waals surface area (Å²) >= 11 is 0. The van der Waals surface area contributed by atoms with Crippen LogP contribution in [-0.4, -0.2) is 20.9 Å². The van der Waals surface area contributed by atoms with Gasteiger partial charge in [-0.15, -0.1) is 0 Å². The summed E-state index contributed by atoms with van der Waals surface area (Å²) in [5, 5.41) is 2.86. The van der Waals surface area contributed by atoms with Crippen molar-refractivity contribution < 1.29 is 13.2 Å². The van der Waals surface area contributed by atoms with E-state index in [2.05, 4.69) is 12.2 Å². The normalized spacial score (nSPS) is 11.4. The van der Waals surface area contributed by atoms with Gasteiger partial charge in [0, 0.05) is 22.8 Å². The topological polar surface area (TPSA) is 63.2 Å². The second-order valence-corrected chi connectivity index (χ2v) is 8.97. The van der Waals surface area contributed by atoms with Gasteiger partial charge >= 0.3 is 0 Å². The van der Waals surface area contributed by atoms with Crippen molar-refractivity contribution >= 4 is 25.6 Å². The molecule has 0 aliphatic carbocycles. The van der Waals surface area contributed by atoms with Crippen LogP contribution < -0.4 is 5.32 Å². The van der Waals surface area contributed by atoms with E-state index >= 15 is 0 Å². The molecule has 4 nitrogen and oxygen atoms in total. The Hall–Kier alpha value is -1.07. The zero-order valence-electron chi connectivity index (χ0n) is 15.1. The lowest BCUT2D eigenvalue weighted by atomic mass is 10.1. The molecule has 1 N–H and O–H groups in total. The maximum atomic E-state index is 12.0. The van der Waals surface area contributed by atoms with Crippen LogP contribution >= 0.6 is 10.7 Å². The number of carbonyl (C=O) groups excluding carboxylic acids is 1. The highest BCUT2D eigenvalue weighted by atomic mass is 35.7. The summed E-state index contributed by atoms with van der Waals surface area (Å²) in [5.74, 6) is -0.186. The van der Waals surface area contributed by atoms with Crippen molar-refractivity contribution in [1.82, 2.24) is 5.32 Å². The van der Waals surface area contributed by atoms with Crippen molar-refractivity contribution in [3.8, 4) is 0 Å². The lowest BCUT2D eigenvalue weighted by molar-refractivity contribution is 0.0953. The molecule has 0 saturated heterocycles. The smallest absolute Gasteiger partial charge is 0.261 e. The number of amides is 1. The van der Waals surface area contributed by atoms with Gasteiger partial charge in [0.2, 0.25) is 0 Å². The molecular formula is C19H30ClNO3S. The first kappa shape index (κ1) is 22.0. The average molecular weight is 388 g/mol. The maximum absolute atomic E-state index is 12.0. The van der Waals surface area contributed by atoms with Crippen LogP contribution in [0.4, 0.5) is 0 Å². The van der Waals surface area contributed by atoms with E-state index in [1.807, 2.05) is 0 Å². The SMILES string of the molecule is CCCCCCCCCCCCNC(=O)c1ccc(S(=O)(=O)Cl)cc1. The third-order valence-corrected chi connectivity index (χ3v) is 5.58. The first-order chi connectivity index (χ1) is 11.9. The molecule has 0 saturated carbocycles. The summed E-state index contributed by atoms with van der Waals surface area (Å²) in [6.45, 7) is 2.88. The van der Waals surface area contributed by atoms with Crippen LogP contribution in [0.2, 0.25) is 0 Å². The van der Waals surface area contributed by atoms with Crippen molar-refractivity contribution in [2.75, 3.05) is 6.54 Å². The van der Waals surface area contributed by atoms with E-state index in [4.69, 9.17) is 10.7 Å². The van der Waals surface area contributed by atoms with Gasteiger partial charge in [-0.2, -0.15) is 0 Å². The van der Waals surface area contributed by atoms with Gasteiger partial charge in [-0.25, -0.2) is 8.42 Å². The van der Waals surface area contributed by atoms with Crippen LogP contribution in [0, 0.1) is 0 Å². The molecule has 1 rings (SSSR count). The number of halogens is 1. The Balaban J connectivity index is 2.09. The van der Waals surface area contributed by atoms with Crippen LogP contribution in [0.5, 0.6) is 0 Å². The van der Waals surface area contributed by atoms with Gasteiger partial charge in [-0.05, 0) is 30.7 Å². The van der Waals surface area contributed by atoms with E-state index in [0.29, 0.717) is 12.1 Å². The molecule has 25 heavy (non-hydrogen) atoms. The summed E-state index contributed by atoms with van der Waals surface area (Å²) in [5.41, 5.74) is 0.441. The zero-order chi connectivity index (χ0) is 18.5. The average Bonchev–Trinajstić information content (AvgIpc) is 2.59. The summed E-state index contributed by atoms with van der Waals surface area (Å²) in [6.07, 6.45) is 12.6. The predicted molar refractivity (Wildman–Crippen MR) is 104 cm³/mol. The third kappa shape index (κ3) is 9.85. The standard InChI is InChI=1S/C19H30ClNO3S/c1-2-3-4-5-6-7-8-9-10-11-16-21-19(22)17-12-14-18(15-13-17)25(20,23)24/h12-15H,2-11,16H2,1H3,(H,21,22). The highest BCUT2D eigenvalue weighted by molar-refractivity contribution is 8.13. The molecule has 0 aliphatic rings. The molecule has 0 fully saturated rings. The van der Waals surface area contributed by atoms with Crippen LogP contribution in [0.25, 0.3) is 0 Å². The molecule has 0 bridgehead atoms. The number of nitrogens with one attached hydrogen (secondary N) is 1.